The highest BCUT2D eigenvalue weighted by molar-refractivity contribution is 7.90. The number of benzene rings is 3. The molecular formula is C35H39FN6O6S. The number of amides is 1. The molecule has 4 aromatic rings. The third-order valence-electron chi connectivity index (χ3n) is 7.89. The van der Waals surface area contributed by atoms with E-state index in [1.807, 2.05) is 51.1 Å². The molecule has 1 N–H and O–H groups in total. The average Bonchev–Trinajstić information content (AvgIpc) is 3.61. The molecule has 12 nitrogen and oxygen atoms in total. The zero-order valence-electron chi connectivity index (χ0n) is 27.9. The Hall–Kier alpha value is -5.00. The van der Waals surface area contributed by atoms with E-state index >= 15 is 0 Å². The zero-order valence-corrected chi connectivity index (χ0v) is 28.7. The number of nitrogens with one attached hydrogen (secondary N) is 1. The van der Waals surface area contributed by atoms with Gasteiger partial charge in [-0.05, 0) is 87.9 Å². The van der Waals surface area contributed by atoms with Gasteiger partial charge in [0, 0.05) is 33.2 Å². The summed E-state index contributed by atoms with van der Waals surface area (Å²) in [5, 5.41) is 10.1. The Balaban J connectivity index is 1.26. The summed E-state index contributed by atoms with van der Waals surface area (Å²) in [6.45, 7) is 6.98. The lowest BCUT2D eigenvalue weighted by Gasteiger charge is -2.24. The Bertz CT molecular complexity index is 2050. The third kappa shape index (κ3) is 8.73. The second-order valence-corrected chi connectivity index (χ2v) is 14.6. The minimum atomic E-state index is -3.94. The summed E-state index contributed by atoms with van der Waals surface area (Å²) in [5.74, 6) is -1.25. The van der Waals surface area contributed by atoms with Gasteiger partial charge in [-0.3, -0.25) is 14.1 Å². The van der Waals surface area contributed by atoms with Crippen LogP contribution in [-0.4, -0.2) is 59.0 Å². The summed E-state index contributed by atoms with van der Waals surface area (Å²) < 4.78 is 56.9. The quantitative estimate of drug-likeness (QED) is 0.203. The molecule has 0 aliphatic carbocycles. The first-order chi connectivity index (χ1) is 23.2. The molecule has 49 heavy (non-hydrogen) atoms. The number of halogens is 1. The number of aryl methyl sites for hydroxylation is 2. The van der Waals surface area contributed by atoms with Gasteiger partial charge in [0.1, 0.15) is 23.0 Å². The molecule has 0 atom stereocenters. The van der Waals surface area contributed by atoms with Crippen molar-refractivity contribution < 1.29 is 27.1 Å². The van der Waals surface area contributed by atoms with Crippen molar-refractivity contribution in [2.45, 2.75) is 65.1 Å². The Morgan fingerprint density at radius 1 is 1.08 bits per heavy atom. The number of carbonyl (C=O) groups is 1. The molecule has 1 saturated heterocycles. The number of ether oxygens (including phenoxy) is 2. The van der Waals surface area contributed by atoms with Crippen LogP contribution in [-0.2, 0) is 34.5 Å². The smallest absolute Gasteiger partial charge is 0.410 e. The first-order valence-electron chi connectivity index (χ1n) is 15.9. The predicted molar refractivity (Wildman–Crippen MR) is 183 cm³/mol. The van der Waals surface area contributed by atoms with Gasteiger partial charge in [-0.2, -0.15) is 18.0 Å². The van der Waals surface area contributed by atoms with E-state index < -0.39 is 33.5 Å². The van der Waals surface area contributed by atoms with Crippen molar-refractivity contribution in [2.24, 2.45) is 0 Å². The second kappa shape index (κ2) is 14.6. The van der Waals surface area contributed by atoms with Crippen LogP contribution in [0, 0.1) is 17.1 Å². The number of rotatable bonds is 11. The van der Waals surface area contributed by atoms with Crippen molar-refractivity contribution in [2.75, 3.05) is 24.9 Å². The monoisotopic (exact) mass is 690 g/mol. The molecule has 1 amide bonds. The van der Waals surface area contributed by atoms with Gasteiger partial charge in [-0.1, -0.05) is 24.3 Å². The number of nitrogens with zero attached hydrogens (tertiary/aromatic N) is 5. The molecule has 0 saturated carbocycles. The minimum Gasteiger partial charge on any atom is -0.453 e. The number of aromatic nitrogens is 2. The molecule has 0 unspecified atom stereocenters. The van der Waals surface area contributed by atoms with E-state index in [1.165, 1.54) is 38.3 Å². The van der Waals surface area contributed by atoms with E-state index in [1.54, 1.807) is 13.1 Å². The van der Waals surface area contributed by atoms with Crippen molar-refractivity contribution in [3.8, 4) is 17.6 Å². The predicted octanol–water partition coefficient (Wildman–Crippen LogP) is 5.95. The van der Waals surface area contributed by atoms with Crippen molar-refractivity contribution in [1.29, 1.82) is 5.26 Å². The molecule has 5 rings (SSSR count). The lowest BCUT2D eigenvalue weighted by Crippen LogP contribution is -2.33. The molecule has 14 heteroatoms. The first-order valence-corrected chi connectivity index (χ1v) is 17.4. The highest BCUT2D eigenvalue weighted by atomic mass is 32.2. The molecular weight excluding hydrogens is 651 g/mol. The molecule has 0 bridgehead atoms. The van der Waals surface area contributed by atoms with Gasteiger partial charge in [0.2, 0.25) is 0 Å². The zero-order chi connectivity index (χ0) is 35.3. The van der Waals surface area contributed by atoms with Crippen LogP contribution in [0.15, 0.2) is 65.7 Å². The maximum absolute atomic E-state index is 15.0. The minimum absolute atomic E-state index is 0.0801. The molecule has 258 valence electrons. The summed E-state index contributed by atoms with van der Waals surface area (Å²) in [5.41, 5.74) is 1.12. The van der Waals surface area contributed by atoms with Gasteiger partial charge in [0.25, 0.3) is 5.56 Å². The van der Waals surface area contributed by atoms with Gasteiger partial charge in [0.15, 0.2) is 11.6 Å². The Morgan fingerprint density at radius 2 is 1.78 bits per heavy atom. The maximum Gasteiger partial charge on any atom is 0.410 e. The van der Waals surface area contributed by atoms with E-state index in [9.17, 15) is 27.7 Å². The molecule has 0 spiro atoms. The summed E-state index contributed by atoms with van der Waals surface area (Å²) in [7, 11) is -2.25. The standard InChI is InChI=1S/C35H39FN6O6S/c1-35(2,3)48-34(44)40(4)22-25-11-9-24(10-12-25)8-7-17-41-23-38-30-15-13-26(20-27(30)33(41)43)47-32-28(21-37)31(16-14-29(32)36)39-49(45,46)42-18-5-6-19-42/h9-16,20,23,39H,5-8,17-19,22H2,1-4H3. The normalized spacial score (nSPS) is 13.6. The van der Waals surface area contributed by atoms with E-state index in [2.05, 4.69) is 9.71 Å². The Morgan fingerprint density at radius 3 is 2.45 bits per heavy atom. The molecule has 1 fully saturated rings. The second-order valence-electron chi connectivity index (χ2n) is 12.9. The van der Waals surface area contributed by atoms with E-state index in [4.69, 9.17) is 9.47 Å². The molecule has 1 aliphatic rings. The number of anilines is 1. The molecule has 0 radical (unpaired) electrons. The molecule has 1 aliphatic heterocycles. The van der Waals surface area contributed by atoms with Crippen molar-refractivity contribution in [3.63, 3.8) is 0 Å². The van der Waals surface area contributed by atoms with Gasteiger partial charge >= 0.3 is 16.3 Å². The summed E-state index contributed by atoms with van der Waals surface area (Å²) in [6, 6.07) is 16.4. The molecule has 1 aromatic heterocycles. The largest absolute Gasteiger partial charge is 0.453 e. The van der Waals surface area contributed by atoms with Crippen LogP contribution in [0.25, 0.3) is 10.9 Å². The molecule has 3 aromatic carbocycles. The van der Waals surface area contributed by atoms with E-state index in [0.29, 0.717) is 44.5 Å². The number of fused-ring (bicyclic) bond motifs is 1. The maximum atomic E-state index is 15.0. The van der Waals surface area contributed by atoms with Gasteiger partial charge < -0.3 is 14.4 Å². The van der Waals surface area contributed by atoms with Crippen molar-refractivity contribution in [1.82, 2.24) is 18.8 Å². The fraction of sp³-hybridized carbons (Fsp3) is 0.371. The van der Waals surface area contributed by atoms with E-state index in [-0.39, 0.29) is 27.9 Å². The Kier molecular flexibility index (Phi) is 10.5. The highest BCUT2D eigenvalue weighted by Gasteiger charge is 2.27. The number of hydrogen-bond acceptors (Lipinski definition) is 8. The van der Waals surface area contributed by atoms with Crippen molar-refractivity contribution in [3.05, 3.63) is 93.8 Å². The van der Waals surface area contributed by atoms with Crippen LogP contribution in [0.4, 0.5) is 14.9 Å². The van der Waals surface area contributed by atoms with Crippen LogP contribution in [0.2, 0.25) is 0 Å². The van der Waals surface area contributed by atoms with Crippen molar-refractivity contribution >= 4 is 32.9 Å². The van der Waals surface area contributed by atoms with Crippen LogP contribution in [0.1, 0.15) is 56.7 Å². The topological polar surface area (TPSA) is 147 Å². The highest BCUT2D eigenvalue weighted by Crippen LogP contribution is 2.34. The van der Waals surface area contributed by atoms with Gasteiger partial charge in [0.05, 0.1) is 22.9 Å². The summed E-state index contributed by atoms with van der Waals surface area (Å²) in [4.78, 5) is 31.6. The van der Waals surface area contributed by atoms with Crippen LogP contribution in [0.3, 0.4) is 0 Å². The van der Waals surface area contributed by atoms with Crippen LogP contribution < -0.4 is 15.0 Å². The number of carbonyl (C=O) groups excluding carboxylic acids is 1. The fourth-order valence-corrected chi connectivity index (χ4v) is 6.72. The molecule has 2 heterocycles. The third-order valence-corrected chi connectivity index (χ3v) is 9.42. The summed E-state index contributed by atoms with van der Waals surface area (Å²) in [6.07, 6.45) is 3.89. The number of nitriles is 1. The Labute approximate surface area is 284 Å². The SMILES string of the molecule is CN(Cc1ccc(CCCn2cnc3ccc(Oc4c(F)ccc(NS(=O)(=O)N5CCCC5)c4C#N)cc3c2=O)cc1)C(=O)OC(C)(C)C. The van der Waals surface area contributed by atoms with Crippen LogP contribution >= 0.6 is 0 Å². The van der Waals surface area contributed by atoms with Crippen LogP contribution in [0.5, 0.6) is 11.5 Å². The average molecular weight is 691 g/mol. The lowest BCUT2D eigenvalue weighted by molar-refractivity contribution is 0.0285. The van der Waals surface area contributed by atoms with E-state index in [0.717, 1.165) is 30.0 Å². The number of hydrogen-bond donors (Lipinski definition) is 1. The van der Waals surface area contributed by atoms with Gasteiger partial charge in [-0.25, -0.2) is 14.2 Å². The first kappa shape index (κ1) is 35.3. The summed E-state index contributed by atoms with van der Waals surface area (Å²) >= 11 is 0. The van der Waals surface area contributed by atoms with Gasteiger partial charge in [-0.15, -0.1) is 0 Å². The fourth-order valence-electron chi connectivity index (χ4n) is 5.41. The lowest BCUT2D eigenvalue weighted by atomic mass is 10.1.